The second-order valence-corrected chi connectivity index (χ2v) is 6.26. The maximum absolute atomic E-state index is 11.0. The predicted octanol–water partition coefficient (Wildman–Crippen LogP) is 1.89. The summed E-state index contributed by atoms with van der Waals surface area (Å²) >= 11 is 3.39. The molecular formula is C10H11BrO3S. The van der Waals surface area contributed by atoms with Crippen LogP contribution in [0.4, 0.5) is 0 Å². The van der Waals surface area contributed by atoms with Crippen molar-refractivity contribution in [2.45, 2.75) is 18.9 Å². The van der Waals surface area contributed by atoms with Crippen LogP contribution in [0, 0.1) is 0 Å². The molecule has 1 aliphatic carbocycles. The third kappa shape index (κ3) is 2.80. The van der Waals surface area contributed by atoms with Crippen LogP contribution in [0.3, 0.4) is 0 Å². The molecule has 82 valence electrons. The number of hydrogen-bond acceptors (Lipinski definition) is 3. The van der Waals surface area contributed by atoms with Crippen LogP contribution < -0.4 is 0 Å². The molecule has 0 amide bonds. The molecule has 0 saturated heterocycles. The van der Waals surface area contributed by atoms with E-state index in [4.69, 9.17) is 4.18 Å². The summed E-state index contributed by atoms with van der Waals surface area (Å²) in [6, 6.07) is 5.98. The molecule has 0 aromatic heterocycles. The van der Waals surface area contributed by atoms with Crippen LogP contribution in [0.25, 0.3) is 0 Å². The molecule has 1 aliphatic rings. The number of halogens is 1. The summed E-state index contributed by atoms with van der Waals surface area (Å²) in [5, 5.41) is 0. The van der Waals surface area contributed by atoms with Crippen molar-refractivity contribution in [2.24, 2.45) is 0 Å². The third-order valence-corrected chi connectivity index (χ3v) is 3.49. The Morgan fingerprint density at radius 3 is 2.67 bits per heavy atom. The van der Waals surface area contributed by atoms with Gasteiger partial charge in [0.25, 0.3) is 10.1 Å². The van der Waals surface area contributed by atoms with Gasteiger partial charge in [0.05, 0.1) is 12.4 Å². The Morgan fingerprint density at radius 1 is 1.33 bits per heavy atom. The van der Waals surface area contributed by atoms with Gasteiger partial charge in [0.2, 0.25) is 0 Å². The summed E-state index contributed by atoms with van der Waals surface area (Å²) in [6.45, 7) is 0. The van der Waals surface area contributed by atoms with E-state index >= 15 is 0 Å². The Hall–Kier alpha value is -0.390. The highest BCUT2D eigenvalue weighted by Gasteiger charge is 2.25. The highest BCUT2D eigenvalue weighted by Crippen LogP contribution is 2.27. The highest BCUT2D eigenvalue weighted by molar-refractivity contribution is 9.10. The fraction of sp³-hybridized carbons (Fsp3) is 0.400. The summed E-state index contributed by atoms with van der Waals surface area (Å²) in [7, 11) is -3.35. The molecule has 0 N–H and O–H groups in total. The van der Waals surface area contributed by atoms with Gasteiger partial charge in [-0.25, -0.2) is 0 Å². The van der Waals surface area contributed by atoms with E-state index in [1.54, 1.807) is 0 Å². The first kappa shape index (κ1) is 11.1. The summed E-state index contributed by atoms with van der Waals surface area (Å²) in [4.78, 5) is 0. The number of benzene rings is 1. The minimum absolute atomic E-state index is 0.232. The van der Waals surface area contributed by atoms with Crippen molar-refractivity contribution in [2.75, 3.05) is 6.26 Å². The van der Waals surface area contributed by atoms with Gasteiger partial charge in [-0.3, -0.25) is 4.18 Å². The lowest BCUT2D eigenvalue weighted by atomic mass is 10.1. The van der Waals surface area contributed by atoms with Gasteiger partial charge in [-0.1, -0.05) is 22.0 Å². The van der Waals surface area contributed by atoms with Crippen molar-refractivity contribution < 1.29 is 12.6 Å². The molecule has 1 aromatic carbocycles. The molecule has 1 atom stereocenters. The van der Waals surface area contributed by atoms with Crippen molar-refractivity contribution >= 4 is 26.0 Å². The molecule has 0 fully saturated rings. The second kappa shape index (κ2) is 3.88. The van der Waals surface area contributed by atoms with Gasteiger partial charge in [-0.2, -0.15) is 8.42 Å². The summed E-state index contributed by atoms with van der Waals surface area (Å²) in [5.41, 5.74) is 2.34. The standard InChI is InChI=1S/C10H11BrO3S/c1-15(12,13)14-10-5-7-2-3-9(11)4-8(7)6-10/h2-4,10H,5-6H2,1H3. The lowest BCUT2D eigenvalue weighted by molar-refractivity contribution is 0.223. The summed E-state index contributed by atoms with van der Waals surface area (Å²) in [6.07, 6.45) is 2.20. The molecule has 2 rings (SSSR count). The zero-order valence-electron chi connectivity index (χ0n) is 8.23. The van der Waals surface area contributed by atoms with Crippen molar-refractivity contribution in [3.8, 4) is 0 Å². The Bertz CT molecular complexity index is 481. The second-order valence-electron chi connectivity index (χ2n) is 3.74. The van der Waals surface area contributed by atoms with E-state index in [1.807, 2.05) is 18.2 Å². The maximum atomic E-state index is 11.0. The Balaban J connectivity index is 2.16. The molecular weight excluding hydrogens is 280 g/mol. The summed E-state index contributed by atoms with van der Waals surface area (Å²) < 4.78 is 27.9. The van der Waals surface area contributed by atoms with E-state index in [0.717, 1.165) is 16.3 Å². The minimum Gasteiger partial charge on any atom is -0.266 e. The van der Waals surface area contributed by atoms with Gasteiger partial charge in [0, 0.05) is 17.3 Å². The fourth-order valence-corrected chi connectivity index (χ4v) is 2.90. The first-order valence-corrected chi connectivity index (χ1v) is 7.20. The van der Waals surface area contributed by atoms with Crippen molar-refractivity contribution in [3.63, 3.8) is 0 Å². The molecule has 0 aliphatic heterocycles. The first-order chi connectivity index (χ1) is 6.94. The predicted molar refractivity (Wildman–Crippen MR) is 61.3 cm³/mol. The number of fused-ring (bicyclic) bond motifs is 1. The van der Waals surface area contributed by atoms with Crippen molar-refractivity contribution in [1.29, 1.82) is 0 Å². The molecule has 0 heterocycles. The quantitative estimate of drug-likeness (QED) is 0.782. The van der Waals surface area contributed by atoms with Crippen LogP contribution in [-0.2, 0) is 27.1 Å². The van der Waals surface area contributed by atoms with E-state index in [1.165, 1.54) is 5.56 Å². The zero-order valence-corrected chi connectivity index (χ0v) is 10.6. The maximum Gasteiger partial charge on any atom is 0.264 e. The van der Waals surface area contributed by atoms with Crippen LogP contribution in [0.2, 0.25) is 0 Å². The lowest BCUT2D eigenvalue weighted by Gasteiger charge is -2.07. The average Bonchev–Trinajstić information content (AvgIpc) is 2.42. The van der Waals surface area contributed by atoms with Gasteiger partial charge in [0.1, 0.15) is 0 Å². The van der Waals surface area contributed by atoms with Crippen molar-refractivity contribution in [1.82, 2.24) is 0 Å². The normalized spacial score (nSPS) is 20.3. The monoisotopic (exact) mass is 290 g/mol. The molecule has 15 heavy (non-hydrogen) atoms. The number of hydrogen-bond donors (Lipinski definition) is 0. The first-order valence-electron chi connectivity index (χ1n) is 4.59. The van der Waals surface area contributed by atoms with Gasteiger partial charge in [0.15, 0.2) is 0 Å². The van der Waals surface area contributed by atoms with Gasteiger partial charge >= 0.3 is 0 Å². The SMILES string of the molecule is CS(=O)(=O)OC1Cc2ccc(Br)cc2C1. The molecule has 3 nitrogen and oxygen atoms in total. The number of rotatable bonds is 2. The van der Waals surface area contributed by atoms with Crippen LogP contribution >= 0.6 is 15.9 Å². The average molecular weight is 291 g/mol. The fourth-order valence-electron chi connectivity index (χ4n) is 1.86. The van der Waals surface area contributed by atoms with E-state index in [2.05, 4.69) is 15.9 Å². The highest BCUT2D eigenvalue weighted by atomic mass is 79.9. The van der Waals surface area contributed by atoms with Crippen LogP contribution in [0.5, 0.6) is 0 Å². The topological polar surface area (TPSA) is 43.4 Å². The molecule has 1 aromatic rings. The van der Waals surface area contributed by atoms with E-state index in [9.17, 15) is 8.42 Å². The van der Waals surface area contributed by atoms with Crippen molar-refractivity contribution in [3.05, 3.63) is 33.8 Å². The van der Waals surface area contributed by atoms with Gasteiger partial charge in [-0.05, 0) is 23.3 Å². The molecule has 0 saturated carbocycles. The van der Waals surface area contributed by atoms with Crippen LogP contribution in [-0.4, -0.2) is 20.8 Å². The van der Waals surface area contributed by atoms with Gasteiger partial charge < -0.3 is 0 Å². The van der Waals surface area contributed by atoms with Crippen LogP contribution in [0.15, 0.2) is 22.7 Å². The largest absolute Gasteiger partial charge is 0.266 e. The lowest BCUT2D eigenvalue weighted by Crippen LogP contribution is -2.17. The summed E-state index contributed by atoms with van der Waals surface area (Å²) in [5.74, 6) is 0. The molecule has 0 radical (unpaired) electrons. The van der Waals surface area contributed by atoms with E-state index < -0.39 is 10.1 Å². The van der Waals surface area contributed by atoms with Gasteiger partial charge in [-0.15, -0.1) is 0 Å². The van der Waals surface area contributed by atoms with Crippen LogP contribution in [0.1, 0.15) is 11.1 Å². The molecule has 1 unspecified atom stereocenters. The molecule has 0 bridgehead atoms. The Labute approximate surface area is 97.7 Å². The Kier molecular flexibility index (Phi) is 2.87. The molecule has 5 heteroatoms. The Morgan fingerprint density at radius 2 is 2.00 bits per heavy atom. The van der Waals surface area contributed by atoms with E-state index in [0.29, 0.717) is 12.8 Å². The van der Waals surface area contributed by atoms with E-state index in [-0.39, 0.29) is 6.10 Å². The zero-order chi connectivity index (χ0) is 11.1. The minimum atomic E-state index is -3.35. The molecule has 0 spiro atoms. The smallest absolute Gasteiger partial charge is 0.264 e. The third-order valence-electron chi connectivity index (χ3n) is 2.37.